The van der Waals surface area contributed by atoms with Gasteiger partial charge in [0.05, 0.1) is 0 Å². The Balaban J connectivity index is 0. The Morgan fingerprint density at radius 2 is 1.33 bits per heavy atom. The highest BCUT2D eigenvalue weighted by Gasteiger charge is 1.98. The monoisotopic (exact) mass is 180 g/mol. The molecule has 0 bridgehead atoms. The van der Waals surface area contributed by atoms with Crippen LogP contribution in [0.5, 0.6) is 0 Å². The third-order valence-electron chi connectivity index (χ3n) is 0.482. The summed E-state index contributed by atoms with van der Waals surface area (Å²) in [7, 11) is 0. The van der Waals surface area contributed by atoms with Crippen molar-refractivity contribution in [2.24, 2.45) is 5.73 Å². The van der Waals surface area contributed by atoms with E-state index in [1.165, 1.54) is 13.8 Å². The van der Waals surface area contributed by atoms with E-state index in [9.17, 15) is 0 Å². The fraction of sp³-hybridized carbons (Fsp3) is 1.00. The normalized spacial score (nSPS) is 16.0. The predicted molar refractivity (Wildman–Crippen MR) is 47.0 cm³/mol. The molecule has 0 amide bonds. The number of aliphatic hydroxyl groups excluding tert-OH is 2. The van der Waals surface area contributed by atoms with Crippen LogP contribution in [0.2, 0.25) is 0 Å². The van der Waals surface area contributed by atoms with E-state index >= 15 is 0 Å². The summed E-state index contributed by atoms with van der Waals surface area (Å²) in [6.45, 7) is 6.14. The standard InChI is InChI=1S/C4H11NO2.C3H9NO/c1-3(6)5-4(2)7;1-3(2,4)5/h3-7H,1-2H3;5H,4H2,1-2H3. The molecule has 5 nitrogen and oxygen atoms in total. The molecule has 0 fully saturated rings. The summed E-state index contributed by atoms with van der Waals surface area (Å²) >= 11 is 0. The summed E-state index contributed by atoms with van der Waals surface area (Å²) in [5.41, 5.74) is 3.91. The summed E-state index contributed by atoms with van der Waals surface area (Å²) in [6.07, 6.45) is -1.25. The van der Waals surface area contributed by atoms with Crippen LogP contribution in [0.4, 0.5) is 0 Å². The molecule has 0 rings (SSSR count). The van der Waals surface area contributed by atoms with Gasteiger partial charge in [-0.3, -0.25) is 5.32 Å². The summed E-state index contributed by atoms with van der Waals surface area (Å²) in [6, 6.07) is 0. The van der Waals surface area contributed by atoms with Crippen molar-refractivity contribution in [2.75, 3.05) is 0 Å². The fourth-order valence-corrected chi connectivity index (χ4v) is 0.349. The SMILES string of the molecule is CC(C)(N)O.CC(O)NC(C)O. The lowest BCUT2D eigenvalue weighted by Gasteiger charge is -2.08. The molecule has 5 heteroatoms. The van der Waals surface area contributed by atoms with Crippen molar-refractivity contribution < 1.29 is 15.3 Å². The summed E-state index contributed by atoms with van der Waals surface area (Å²) in [5.74, 6) is 0. The maximum absolute atomic E-state index is 8.45. The van der Waals surface area contributed by atoms with Crippen molar-refractivity contribution in [3.63, 3.8) is 0 Å². The van der Waals surface area contributed by atoms with Crippen molar-refractivity contribution in [3.05, 3.63) is 0 Å². The molecular formula is C7H20N2O3. The first kappa shape index (κ1) is 14.3. The summed E-state index contributed by atoms with van der Waals surface area (Å²) < 4.78 is 0. The maximum atomic E-state index is 8.45. The van der Waals surface area contributed by atoms with Gasteiger partial charge in [-0.15, -0.1) is 0 Å². The molecule has 76 valence electrons. The van der Waals surface area contributed by atoms with Gasteiger partial charge in [0.1, 0.15) is 18.2 Å². The first-order chi connectivity index (χ1) is 5.13. The quantitative estimate of drug-likeness (QED) is 0.348. The van der Waals surface area contributed by atoms with Crippen LogP contribution in [-0.2, 0) is 0 Å². The minimum Gasteiger partial charge on any atom is -0.379 e. The van der Waals surface area contributed by atoms with Gasteiger partial charge in [-0.1, -0.05) is 0 Å². The van der Waals surface area contributed by atoms with Crippen molar-refractivity contribution in [1.29, 1.82) is 0 Å². The summed E-state index contributed by atoms with van der Waals surface area (Å²) in [4.78, 5) is 0. The van der Waals surface area contributed by atoms with Gasteiger partial charge in [-0.25, -0.2) is 0 Å². The van der Waals surface area contributed by atoms with Crippen LogP contribution in [0.3, 0.4) is 0 Å². The van der Waals surface area contributed by atoms with Crippen LogP contribution in [0.15, 0.2) is 0 Å². The van der Waals surface area contributed by atoms with E-state index in [1.807, 2.05) is 0 Å². The molecule has 2 unspecified atom stereocenters. The highest BCUT2D eigenvalue weighted by Crippen LogP contribution is 1.82. The zero-order chi connectivity index (χ0) is 10.4. The molecule has 12 heavy (non-hydrogen) atoms. The fourth-order valence-electron chi connectivity index (χ4n) is 0.349. The van der Waals surface area contributed by atoms with Crippen LogP contribution >= 0.6 is 0 Å². The number of rotatable bonds is 2. The van der Waals surface area contributed by atoms with Gasteiger partial charge in [-0.05, 0) is 27.7 Å². The van der Waals surface area contributed by atoms with Crippen molar-refractivity contribution in [1.82, 2.24) is 5.32 Å². The second-order valence-electron chi connectivity index (χ2n) is 3.17. The minimum atomic E-state index is -1.00. The average Bonchev–Trinajstić information content (AvgIpc) is 1.52. The zero-order valence-corrected chi connectivity index (χ0v) is 8.07. The third kappa shape index (κ3) is 52.6. The Morgan fingerprint density at radius 1 is 1.17 bits per heavy atom. The molecule has 0 aromatic rings. The Kier molecular flexibility index (Phi) is 7.56. The highest BCUT2D eigenvalue weighted by molar-refractivity contribution is 4.47. The summed E-state index contributed by atoms with van der Waals surface area (Å²) in [5, 5.41) is 27.6. The lowest BCUT2D eigenvalue weighted by Crippen LogP contribution is -2.33. The third-order valence-corrected chi connectivity index (χ3v) is 0.482. The predicted octanol–water partition coefficient (Wildman–Crippen LogP) is -1.07. The number of hydrogen-bond donors (Lipinski definition) is 5. The number of aliphatic hydroxyl groups is 3. The molecule has 6 N–H and O–H groups in total. The number of nitrogens with one attached hydrogen (secondary N) is 1. The van der Waals surface area contributed by atoms with E-state index in [2.05, 4.69) is 5.32 Å². The van der Waals surface area contributed by atoms with Gasteiger partial charge in [-0.2, -0.15) is 0 Å². The van der Waals surface area contributed by atoms with Gasteiger partial charge in [0.25, 0.3) is 0 Å². The largest absolute Gasteiger partial charge is 0.379 e. The number of nitrogens with two attached hydrogens (primary N) is 1. The van der Waals surface area contributed by atoms with Crippen molar-refractivity contribution in [3.8, 4) is 0 Å². The van der Waals surface area contributed by atoms with Crippen LogP contribution < -0.4 is 11.1 Å². The molecule has 0 radical (unpaired) electrons. The lowest BCUT2D eigenvalue weighted by atomic mass is 10.4. The molecular weight excluding hydrogens is 160 g/mol. The average molecular weight is 180 g/mol. The molecule has 0 saturated carbocycles. The lowest BCUT2D eigenvalue weighted by molar-refractivity contribution is 0.0632. The zero-order valence-electron chi connectivity index (χ0n) is 8.07. The molecule has 0 aliphatic rings. The number of hydrogen-bond acceptors (Lipinski definition) is 5. The Labute approximate surface area is 73.2 Å². The van der Waals surface area contributed by atoms with Crippen LogP contribution in [0, 0.1) is 0 Å². The van der Waals surface area contributed by atoms with Crippen LogP contribution in [0.1, 0.15) is 27.7 Å². The first-order valence-corrected chi connectivity index (χ1v) is 3.76. The Hall–Kier alpha value is -0.200. The van der Waals surface area contributed by atoms with Gasteiger partial charge >= 0.3 is 0 Å². The van der Waals surface area contributed by atoms with Gasteiger partial charge in [0.15, 0.2) is 0 Å². The molecule has 2 atom stereocenters. The topological polar surface area (TPSA) is 98.7 Å². The smallest absolute Gasteiger partial charge is 0.107 e. The molecule has 0 aliphatic heterocycles. The van der Waals surface area contributed by atoms with Crippen LogP contribution in [-0.4, -0.2) is 33.5 Å². The molecule has 0 aromatic heterocycles. The molecule has 0 saturated heterocycles. The molecule has 0 aromatic carbocycles. The van der Waals surface area contributed by atoms with E-state index < -0.39 is 18.2 Å². The molecule has 0 aliphatic carbocycles. The second-order valence-corrected chi connectivity index (χ2v) is 3.17. The Bertz CT molecular complexity index is 87.3. The Morgan fingerprint density at radius 3 is 1.33 bits per heavy atom. The van der Waals surface area contributed by atoms with E-state index in [1.54, 1.807) is 13.8 Å². The minimum absolute atomic E-state index is 0.625. The van der Waals surface area contributed by atoms with Gasteiger partial charge in [0.2, 0.25) is 0 Å². The maximum Gasteiger partial charge on any atom is 0.107 e. The van der Waals surface area contributed by atoms with Gasteiger partial charge < -0.3 is 21.1 Å². The van der Waals surface area contributed by atoms with E-state index in [0.717, 1.165) is 0 Å². The first-order valence-electron chi connectivity index (χ1n) is 3.76. The molecule has 0 heterocycles. The van der Waals surface area contributed by atoms with Gasteiger partial charge in [0, 0.05) is 0 Å². The highest BCUT2D eigenvalue weighted by atomic mass is 16.3. The van der Waals surface area contributed by atoms with E-state index in [-0.39, 0.29) is 0 Å². The van der Waals surface area contributed by atoms with Crippen LogP contribution in [0.25, 0.3) is 0 Å². The molecule has 0 spiro atoms. The van der Waals surface area contributed by atoms with E-state index in [0.29, 0.717) is 0 Å². The van der Waals surface area contributed by atoms with Crippen molar-refractivity contribution >= 4 is 0 Å². The second kappa shape index (κ2) is 6.33. The van der Waals surface area contributed by atoms with E-state index in [4.69, 9.17) is 21.1 Å². The van der Waals surface area contributed by atoms with Crippen molar-refractivity contribution in [2.45, 2.75) is 45.9 Å².